The molecule has 3 N–H and O–H groups in total. The second-order valence-corrected chi connectivity index (χ2v) is 2.90. The Hall–Kier alpha value is -0.160. The standard InChI is InChI=1S/C7H15NO3/c1-4-7(9)5(8)3-6(10-2)11-4/h4-7,9H,3,8H2,1-2H3/t4-,5-,6+,7+/m0/s1. The maximum absolute atomic E-state index is 9.35. The van der Waals surface area contributed by atoms with Crippen molar-refractivity contribution in [2.24, 2.45) is 5.73 Å². The molecule has 66 valence electrons. The number of hydrogen-bond donors (Lipinski definition) is 2. The minimum Gasteiger partial charge on any atom is -0.389 e. The van der Waals surface area contributed by atoms with Crippen LogP contribution in [0, 0.1) is 0 Å². The van der Waals surface area contributed by atoms with Gasteiger partial charge >= 0.3 is 0 Å². The molecular formula is C7H15NO3. The number of aliphatic hydroxyl groups is 1. The average Bonchev–Trinajstić information content (AvgIpc) is 1.99. The van der Waals surface area contributed by atoms with Crippen molar-refractivity contribution in [3.63, 3.8) is 0 Å². The SMILES string of the molecule is CO[C@H]1C[C@H](N)[C@H](O)[C@H](C)O1. The molecule has 0 aromatic heterocycles. The summed E-state index contributed by atoms with van der Waals surface area (Å²) >= 11 is 0. The lowest BCUT2D eigenvalue weighted by atomic mass is 10.0. The van der Waals surface area contributed by atoms with Crippen molar-refractivity contribution in [1.82, 2.24) is 0 Å². The van der Waals surface area contributed by atoms with Gasteiger partial charge in [-0.2, -0.15) is 0 Å². The summed E-state index contributed by atoms with van der Waals surface area (Å²) in [5.41, 5.74) is 5.62. The van der Waals surface area contributed by atoms with E-state index < -0.39 is 6.10 Å². The van der Waals surface area contributed by atoms with E-state index in [4.69, 9.17) is 15.2 Å². The fourth-order valence-electron chi connectivity index (χ4n) is 1.24. The number of rotatable bonds is 1. The number of aliphatic hydroxyl groups excluding tert-OH is 1. The number of hydrogen-bond acceptors (Lipinski definition) is 4. The van der Waals surface area contributed by atoms with Gasteiger partial charge in [0.25, 0.3) is 0 Å². The first-order valence-electron chi connectivity index (χ1n) is 3.77. The van der Waals surface area contributed by atoms with Crippen molar-refractivity contribution >= 4 is 0 Å². The van der Waals surface area contributed by atoms with Crippen LogP contribution in [0.25, 0.3) is 0 Å². The topological polar surface area (TPSA) is 64.7 Å². The Morgan fingerprint density at radius 3 is 2.73 bits per heavy atom. The fourth-order valence-corrected chi connectivity index (χ4v) is 1.24. The number of ether oxygens (including phenoxy) is 2. The van der Waals surface area contributed by atoms with E-state index in [1.165, 1.54) is 0 Å². The summed E-state index contributed by atoms with van der Waals surface area (Å²) in [6, 6.07) is -0.233. The van der Waals surface area contributed by atoms with E-state index in [-0.39, 0.29) is 18.4 Å². The Morgan fingerprint density at radius 2 is 2.27 bits per heavy atom. The highest BCUT2D eigenvalue weighted by atomic mass is 16.7. The van der Waals surface area contributed by atoms with Gasteiger partial charge in [-0.1, -0.05) is 0 Å². The Kier molecular flexibility index (Phi) is 2.84. The summed E-state index contributed by atoms with van der Waals surface area (Å²) < 4.78 is 10.2. The van der Waals surface area contributed by atoms with E-state index in [2.05, 4.69) is 0 Å². The molecule has 4 atom stereocenters. The molecule has 4 heteroatoms. The van der Waals surface area contributed by atoms with E-state index in [9.17, 15) is 5.11 Å². The third kappa shape index (κ3) is 1.90. The van der Waals surface area contributed by atoms with Crippen LogP contribution in [-0.4, -0.2) is 36.8 Å². The zero-order valence-electron chi connectivity index (χ0n) is 6.86. The third-order valence-electron chi connectivity index (χ3n) is 2.01. The fraction of sp³-hybridized carbons (Fsp3) is 1.00. The van der Waals surface area contributed by atoms with Gasteiger partial charge in [0, 0.05) is 19.6 Å². The lowest BCUT2D eigenvalue weighted by Gasteiger charge is -2.35. The highest BCUT2D eigenvalue weighted by Gasteiger charge is 2.32. The molecule has 0 saturated carbocycles. The molecule has 1 fully saturated rings. The molecule has 0 unspecified atom stereocenters. The maximum atomic E-state index is 9.35. The van der Waals surface area contributed by atoms with Crippen molar-refractivity contribution in [3.05, 3.63) is 0 Å². The minimum atomic E-state index is -0.568. The normalized spacial score (nSPS) is 45.8. The van der Waals surface area contributed by atoms with E-state index >= 15 is 0 Å². The summed E-state index contributed by atoms with van der Waals surface area (Å²) in [5, 5.41) is 9.35. The molecular weight excluding hydrogens is 146 g/mol. The summed E-state index contributed by atoms with van der Waals surface area (Å²) in [7, 11) is 1.57. The van der Waals surface area contributed by atoms with Crippen LogP contribution in [-0.2, 0) is 9.47 Å². The van der Waals surface area contributed by atoms with Crippen LogP contribution in [0.3, 0.4) is 0 Å². The molecule has 0 bridgehead atoms. The smallest absolute Gasteiger partial charge is 0.159 e. The van der Waals surface area contributed by atoms with Gasteiger partial charge in [-0.25, -0.2) is 0 Å². The van der Waals surface area contributed by atoms with Crippen LogP contribution >= 0.6 is 0 Å². The summed E-state index contributed by atoms with van der Waals surface area (Å²) in [6.45, 7) is 1.79. The predicted octanol–water partition coefficient (Wildman–Crippen LogP) is -0.544. The second-order valence-electron chi connectivity index (χ2n) is 2.90. The van der Waals surface area contributed by atoms with Crippen molar-refractivity contribution in [3.8, 4) is 0 Å². The van der Waals surface area contributed by atoms with Gasteiger partial charge in [-0.15, -0.1) is 0 Å². The molecule has 1 rings (SSSR count). The Labute approximate surface area is 66.3 Å². The molecule has 11 heavy (non-hydrogen) atoms. The Morgan fingerprint density at radius 1 is 1.64 bits per heavy atom. The molecule has 4 nitrogen and oxygen atoms in total. The van der Waals surface area contributed by atoms with Crippen LogP contribution in [0.4, 0.5) is 0 Å². The molecule has 1 heterocycles. The van der Waals surface area contributed by atoms with E-state index in [0.29, 0.717) is 6.42 Å². The van der Waals surface area contributed by atoms with Gasteiger partial charge in [0.1, 0.15) is 0 Å². The van der Waals surface area contributed by atoms with Crippen LogP contribution in [0.15, 0.2) is 0 Å². The first kappa shape index (κ1) is 8.93. The maximum Gasteiger partial charge on any atom is 0.159 e. The largest absolute Gasteiger partial charge is 0.389 e. The average molecular weight is 161 g/mol. The molecule has 1 saturated heterocycles. The second kappa shape index (κ2) is 3.49. The zero-order chi connectivity index (χ0) is 8.43. The number of methoxy groups -OCH3 is 1. The molecule has 1 aliphatic rings. The van der Waals surface area contributed by atoms with Crippen LogP contribution in [0.1, 0.15) is 13.3 Å². The van der Waals surface area contributed by atoms with Gasteiger partial charge in [-0.3, -0.25) is 0 Å². The summed E-state index contributed by atoms with van der Waals surface area (Å²) in [5.74, 6) is 0. The summed E-state index contributed by atoms with van der Waals surface area (Å²) in [6.07, 6.45) is -0.504. The van der Waals surface area contributed by atoms with Crippen molar-refractivity contribution in [2.75, 3.05) is 7.11 Å². The molecule has 0 aromatic carbocycles. The first-order chi connectivity index (χ1) is 5.15. The minimum absolute atomic E-state index is 0.233. The third-order valence-corrected chi connectivity index (χ3v) is 2.01. The van der Waals surface area contributed by atoms with Crippen LogP contribution in [0.5, 0.6) is 0 Å². The number of nitrogens with two attached hydrogens (primary N) is 1. The molecule has 0 amide bonds. The van der Waals surface area contributed by atoms with E-state index in [0.717, 1.165) is 0 Å². The monoisotopic (exact) mass is 161 g/mol. The van der Waals surface area contributed by atoms with Crippen molar-refractivity contribution < 1.29 is 14.6 Å². The molecule has 0 aromatic rings. The van der Waals surface area contributed by atoms with Gasteiger partial charge in [0.2, 0.25) is 0 Å². The van der Waals surface area contributed by atoms with Gasteiger partial charge in [0.05, 0.1) is 12.2 Å². The highest BCUT2D eigenvalue weighted by molar-refractivity contribution is 4.82. The lowest BCUT2D eigenvalue weighted by Crippen LogP contribution is -2.51. The van der Waals surface area contributed by atoms with Crippen molar-refractivity contribution in [2.45, 2.75) is 37.9 Å². The van der Waals surface area contributed by atoms with Crippen LogP contribution < -0.4 is 5.73 Å². The van der Waals surface area contributed by atoms with Crippen molar-refractivity contribution in [1.29, 1.82) is 0 Å². The van der Waals surface area contributed by atoms with Crippen LogP contribution in [0.2, 0.25) is 0 Å². The van der Waals surface area contributed by atoms with Gasteiger partial charge < -0.3 is 20.3 Å². The van der Waals surface area contributed by atoms with E-state index in [1.54, 1.807) is 14.0 Å². The first-order valence-corrected chi connectivity index (χ1v) is 3.77. The summed E-state index contributed by atoms with van der Waals surface area (Å²) in [4.78, 5) is 0. The Balaban J connectivity index is 2.47. The zero-order valence-corrected chi connectivity index (χ0v) is 6.86. The van der Waals surface area contributed by atoms with E-state index in [1.807, 2.05) is 0 Å². The van der Waals surface area contributed by atoms with Gasteiger partial charge in [0.15, 0.2) is 6.29 Å². The Bertz CT molecular complexity index is 119. The lowest BCUT2D eigenvalue weighted by molar-refractivity contribution is -0.211. The van der Waals surface area contributed by atoms with Gasteiger partial charge in [-0.05, 0) is 6.92 Å². The highest BCUT2D eigenvalue weighted by Crippen LogP contribution is 2.18. The molecule has 0 aliphatic carbocycles. The molecule has 0 radical (unpaired) electrons. The molecule has 1 aliphatic heterocycles. The quantitative estimate of drug-likeness (QED) is 0.542. The predicted molar refractivity (Wildman–Crippen MR) is 39.9 cm³/mol. The molecule has 0 spiro atoms.